The zero-order valence-corrected chi connectivity index (χ0v) is 11.7. The lowest BCUT2D eigenvalue weighted by Gasteiger charge is -2.25. The average molecular weight is 317 g/mol. The zero-order chi connectivity index (χ0) is 16.5. The fraction of sp³-hybridized carbons (Fsp3) is 0.538. The zero-order valence-electron chi connectivity index (χ0n) is 11.7. The Morgan fingerprint density at radius 2 is 1.86 bits per heavy atom. The van der Waals surface area contributed by atoms with Crippen LogP contribution in [0.2, 0.25) is 0 Å². The van der Waals surface area contributed by atoms with Crippen molar-refractivity contribution >= 4 is 11.9 Å². The molecule has 1 aliphatic carbocycles. The maximum atomic E-state index is 12.7. The van der Waals surface area contributed by atoms with Crippen molar-refractivity contribution in [2.75, 3.05) is 0 Å². The van der Waals surface area contributed by atoms with E-state index in [0.29, 0.717) is 12.8 Å². The van der Waals surface area contributed by atoms with Crippen molar-refractivity contribution in [3.63, 3.8) is 0 Å². The smallest absolute Gasteiger partial charge is 0.451 e. The first-order valence-electron chi connectivity index (χ1n) is 6.63. The molecule has 0 aliphatic heterocycles. The van der Waals surface area contributed by atoms with Crippen LogP contribution in [0.25, 0.3) is 0 Å². The Balaban J connectivity index is 2.30. The lowest BCUT2D eigenvalue weighted by molar-refractivity contribution is -0.145. The van der Waals surface area contributed by atoms with Crippen LogP contribution in [-0.2, 0) is 11.0 Å². The maximum Gasteiger partial charge on any atom is 0.451 e. The third kappa shape index (κ3) is 3.18. The van der Waals surface area contributed by atoms with Gasteiger partial charge in [0.15, 0.2) is 0 Å². The van der Waals surface area contributed by atoms with Crippen LogP contribution >= 0.6 is 0 Å². The summed E-state index contributed by atoms with van der Waals surface area (Å²) >= 11 is 0. The van der Waals surface area contributed by atoms with Crippen LogP contribution in [0, 0.1) is 6.92 Å². The van der Waals surface area contributed by atoms with Gasteiger partial charge in [0.1, 0.15) is 11.2 Å². The van der Waals surface area contributed by atoms with Crippen molar-refractivity contribution in [2.24, 2.45) is 0 Å². The monoisotopic (exact) mass is 317 g/mol. The minimum absolute atomic E-state index is 0.0247. The SMILES string of the molecule is Cc1cc(C(=O)NC2(C(=O)O)CCCC2)nc(C(F)(F)F)n1. The maximum absolute atomic E-state index is 12.7. The Bertz CT molecular complexity index is 610. The number of aryl methyl sites for hydroxylation is 1. The summed E-state index contributed by atoms with van der Waals surface area (Å²) < 4.78 is 38.0. The first kappa shape index (κ1) is 16.2. The van der Waals surface area contributed by atoms with Gasteiger partial charge in [-0.1, -0.05) is 12.8 Å². The molecule has 1 aromatic rings. The predicted octanol–water partition coefficient (Wildman–Crippen LogP) is 1.93. The van der Waals surface area contributed by atoms with Crippen molar-refractivity contribution in [1.29, 1.82) is 0 Å². The van der Waals surface area contributed by atoms with E-state index in [1.165, 1.54) is 6.92 Å². The predicted molar refractivity (Wildman–Crippen MR) is 68.1 cm³/mol. The lowest BCUT2D eigenvalue weighted by Crippen LogP contribution is -2.52. The molecule has 1 aliphatic rings. The van der Waals surface area contributed by atoms with E-state index in [-0.39, 0.29) is 18.5 Å². The standard InChI is InChI=1S/C13H14F3N3O3/c1-7-6-8(18-10(17-7)13(14,15)16)9(20)19-12(11(21)22)4-2-3-5-12/h6H,2-5H2,1H3,(H,19,20)(H,21,22). The quantitative estimate of drug-likeness (QED) is 0.888. The summed E-state index contributed by atoms with van der Waals surface area (Å²) in [5, 5.41) is 11.6. The number of nitrogens with zero attached hydrogens (tertiary/aromatic N) is 2. The Morgan fingerprint density at radius 3 is 2.36 bits per heavy atom. The van der Waals surface area contributed by atoms with Crippen molar-refractivity contribution < 1.29 is 27.9 Å². The van der Waals surface area contributed by atoms with E-state index < -0.39 is 35.1 Å². The summed E-state index contributed by atoms with van der Waals surface area (Å²) in [7, 11) is 0. The molecule has 1 saturated carbocycles. The number of rotatable bonds is 3. The molecule has 0 saturated heterocycles. The molecule has 0 atom stereocenters. The third-order valence-electron chi connectivity index (χ3n) is 3.56. The Hall–Kier alpha value is -2.19. The molecular weight excluding hydrogens is 303 g/mol. The molecule has 1 heterocycles. The molecule has 120 valence electrons. The topological polar surface area (TPSA) is 92.2 Å². The first-order valence-corrected chi connectivity index (χ1v) is 6.63. The minimum atomic E-state index is -4.78. The van der Waals surface area contributed by atoms with Gasteiger partial charge in [-0.2, -0.15) is 13.2 Å². The summed E-state index contributed by atoms with van der Waals surface area (Å²) in [5.74, 6) is -3.56. The number of carboxylic acid groups (broad SMARTS) is 1. The number of alkyl halides is 3. The highest BCUT2D eigenvalue weighted by Crippen LogP contribution is 2.30. The summed E-state index contributed by atoms with van der Waals surface area (Å²) in [4.78, 5) is 29.9. The summed E-state index contributed by atoms with van der Waals surface area (Å²) in [6.07, 6.45) is -3.04. The van der Waals surface area contributed by atoms with Crippen molar-refractivity contribution in [2.45, 2.75) is 44.3 Å². The molecule has 0 bridgehead atoms. The second kappa shape index (κ2) is 5.54. The van der Waals surface area contributed by atoms with E-state index in [1.807, 2.05) is 0 Å². The normalized spacial score (nSPS) is 17.3. The van der Waals surface area contributed by atoms with Gasteiger partial charge in [-0.25, -0.2) is 14.8 Å². The fourth-order valence-electron chi connectivity index (χ4n) is 2.46. The van der Waals surface area contributed by atoms with E-state index in [0.717, 1.165) is 6.07 Å². The number of carbonyl (C=O) groups excluding carboxylic acids is 1. The highest BCUT2D eigenvalue weighted by atomic mass is 19.4. The molecule has 2 rings (SSSR count). The summed E-state index contributed by atoms with van der Waals surface area (Å²) in [5.41, 5.74) is -1.95. The average Bonchev–Trinajstić information content (AvgIpc) is 2.86. The van der Waals surface area contributed by atoms with E-state index in [9.17, 15) is 27.9 Å². The highest BCUT2D eigenvalue weighted by molar-refractivity contribution is 5.96. The molecule has 0 radical (unpaired) electrons. The van der Waals surface area contributed by atoms with Crippen LogP contribution in [0.3, 0.4) is 0 Å². The van der Waals surface area contributed by atoms with Crippen LogP contribution in [-0.4, -0.2) is 32.5 Å². The molecule has 1 aromatic heterocycles. The molecule has 6 nitrogen and oxygen atoms in total. The van der Waals surface area contributed by atoms with Gasteiger partial charge in [-0.15, -0.1) is 0 Å². The van der Waals surface area contributed by atoms with Gasteiger partial charge in [-0.05, 0) is 25.8 Å². The Kier molecular flexibility index (Phi) is 4.08. The van der Waals surface area contributed by atoms with Crippen LogP contribution in [0.15, 0.2) is 6.07 Å². The van der Waals surface area contributed by atoms with Crippen molar-refractivity contribution in [3.8, 4) is 0 Å². The lowest BCUT2D eigenvalue weighted by atomic mass is 9.97. The first-order chi connectivity index (χ1) is 10.1. The number of carboxylic acids is 1. The van der Waals surface area contributed by atoms with E-state index >= 15 is 0 Å². The number of hydrogen-bond donors (Lipinski definition) is 2. The van der Waals surface area contributed by atoms with E-state index in [2.05, 4.69) is 15.3 Å². The molecule has 9 heteroatoms. The second-order valence-corrected chi connectivity index (χ2v) is 5.26. The van der Waals surface area contributed by atoms with Gasteiger partial charge in [0.25, 0.3) is 5.91 Å². The largest absolute Gasteiger partial charge is 0.480 e. The molecule has 2 N–H and O–H groups in total. The molecular formula is C13H14F3N3O3. The van der Waals surface area contributed by atoms with Gasteiger partial charge < -0.3 is 10.4 Å². The molecule has 1 amide bonds. The number of amides is 1. The fourth-order valence-corrected chi connectivity index (χ4v) is 2.46. The number of aromatic nitrogens is 2. The van der Waals surface area contributed by atoms with Gasteiger partial charge in [0.05, 0.1) is 0 Å². The van der Waals surface area contributed by atoms with Gasteiger partial charge in [-0.3, -0.25) is 4.79 Å². The molecule has 22 heavy (non-hydrogen) atoms. The summed E-state index contributed by atoms with van der Waals surface area (Å²) in [6, 6.07) is 1.09. The van der Waals surface area contributed by atoms with Crippen LogP contribution in [0.4, 0.5) is 13.2 Å². The minimum Gasteiger partial charge on any atom is -0.480 e. The van der Waals surface area contributed by atoms with Crippen molar-refractivity contribution in [1.82, 2.24) is 15.3 Å². The van der Waals surface area contributed by atoms with Crippen molar-refractivity contribution in [3.05, 3.63) is 23.3 Å². The van der Waals surface area contributed by atoms with Gasteiger partial charge in [0.2, 0.25) is 5.82 Å². The molecule has 0 unspecified atom stereocenters. The molecule has 0 spiro atoms. The molecule has 0 aromatic carbocycles. The Morgan fingerprint density at radius 1 is 1.27 bits per heavy atom. The Labute approximate surface area is 123 Å². The molecule has 1 fully saturated rings. The third-order valence-corrected chi connectivity index (χ3v) is 3.56. The van der Waals surface area contributed by atoms with Crippen LogP contribution in [0.5, 0.6) is 0 Å². The number of halogens is 3. The number of nitrogens with one attached hydrogen (secondary N) is 1. The van der Waals surface area contributed by atoms with Gasteiger partial charge >= 0.3 is 12.1 Å². The number of carbonyl (C=O) groups is 2. The summed E-state index contributed by atoms with van der Waals surface area (Å²) in [6.45, 7) is 1.30. The van der Waals surface area contributed by atoms with E-state index in [1.54, 1.807) is 0 Å². The number of hydrogen-bond acceptors (Lipinski definition) is 4. The van der Waals surface area contributed by atoms with Crippen LogP contribution < -0.4 is 5.32 Å². The number of aliphatic carboxylic acids is 1. The van der Waals surface area contributed by atoms with E-state index in [4.69, 9.17) is 0 Å². The second-order valence-electron chi connectivity index (χ2n) is 5.26. The van der Waals surface area contributed by atoms with Crippen LogP contribution in [0.1, 0.15) is 47.7 Å². The van der Waals surface area contributed by atoms with Gasteiger partial charge in [0, 0.05) is 5.69 Å². The highest BCUT2D eigenvalue weighted by Gasteiger charge is 2.43.